The normalized spacial score (nSPS) is 11.1. The van der Waals surface area contributed by atoms with Gasteiger partial charge in [0.05, 0.1) is 0 Å². The number of benzene rings is 1. The second-order valence-corrected chi connectivity index (χ2v) is 4.81. The van der Waals surface area contributed by atoms with Crippen LogP contribution in [0.5, 0.6) is 0 Å². The fraction of sp³-hybridized carbons (Fsp3) is 0.429. The van der Waals surface area contributed by atoms with Crippen LogP contribution >= 0.6 is 0 Å². The van der Waals surface area contributed by atoms with Crippen LogP contribution in [0.2, 0.25) is 0 Å². The van der Waals surface area contributed by atoms with Gasteiger partial charge in [-0.3, -0.25) is 0 Å². The van der Waals surface area contributed by atoms with Crippen LogP contribution in [-0.4, -0.2) is 0 Å². The van der Waals surface area contributed by atoms with Crippen molar-refractivity contribution in [3.63, 3.8) is 0 Å². The quantitative estimate of drug-likeness (QED) is 0.543. The third-order valence-corrected chi connectivity index (χ3v) is 2.75. The lowest BCUT2D eigenvalue weighted by Crippen LogP contribution is -2.14. The molecule has 0 aliphatic heterocycles. The lowest BCUT2D eigenvalue weighted by Gasteiger charge is -2.23. The van der Waals surface area contributed by atoms with E-state index >= 15 is 0 Å². The van der Waals surface area contributed by atoms with Crippen molar-refractivity contribution in [2.24, 2.45) is 0 Å². The third-order valence-electron chi connectivity index (χ3n) is 2.75. The third kappa shape index (κ3) is 1.82. The summed E-state index contributed by atoms with van der Waals surface area (Å²) in [4.78, 5) is 0. The van der Waals surface area contributed by atoms with Gasteiger partial charge in [-0.05, 0) is 42.0 Å². The first-order valence-electron chi connectivity index (χ1n) is 4.95. The predicted molar refractivity (Wildman–Crippen MR) is 62.6 cm³/mol. The van der Waals surface area contributed by atoms with Gasteiger partial charge in [0, 0.05) is 5.56 Å². The standard InChI is InChI=1S/C14H18/c1-7-12-8-9-13(14(4,5)6)11(3)10(12)2/h1,8-9H,2-6H3. The van der Waals surface area contributed by atoms with Crippen molar-refractivity contribution in [3.05, 3.63) is 34.4 Å². The van der Waals surface area contributed by atoms with Crippen molar-refractivity contribution in [2.45, 2.75) is 40.0 Å². The second-order valence-electron chi connectivity index (χ2n) is 4.81. The average molecular weight is 186 g/mol. The molecule has 0 saturated heterocycles. The van der Waals surface area contributed by atoms with E-state index in [0.29, 0.717) is 0 Å². The average Bonchev–Trinajstić information content (AvgIpc) is 2.07. The molecule has 0 heteroatoms. The number of hydrogen-bond donors (Lipinski definition) is 0. The molecule has 0 spiro atoms. The summed E-state index contributed by atoms with van der Waals surface area (Å²) in [6.45, 7) is 10.9. The van der Waals surface area contributed by atoms with Gasteiger partial charge in [0.15, 0.2) is 0 Å². The monoisotopic (exact) mass is 186 g/mol. The van der Waals surface area contributed by atoms with Crippen LogP contribution in [0.1, 0.15) is 43.0 Å². The molecule has 74 valence electrons. The van der Waals surface area contributed by atoms with Gasteiger partial charge >= 0.3 is 0 Å². The Kier molecular flexibility index (Phi) is 2.71. The second kappa shape index (κ2) is 3.50. The summed E-state index contributed by atoms with van der Waals surface area (Å²) in [5, 5.41) is 0. The number of terminal acetylenes is 1. The molecule has 1 rings (SSSR count). The summed E-state index contributed by atoms with van der Waals surface area (Å²) in [7, 11) is 0. The molecule has 0 nitrogen and oxygen atoms in total. The zero-order valence-corrected chi connectivity index (χ0v) is 9.73. The van der Waals surface area contributed by atoms with Gasteiger partial charge in [0.2, 0.25) is 0 Å². The summed E-state index contributed by atoms with van der Waals surface area (Å²) in [6.07, 6.45) is 5.43. The summed E-state index contributed by atoms with van der Waals surface area (Å²) < 4.78 is 0. The van der Waals surface area contributed by atoms with Gasteiger partial charge in [-0.15, -0.1) is 6.42 Å². The molecule has 0 aliphatic carbocycles. The van der Waals surface area contributed by atoms with Crippen LogP contribution in [0.25, 0.3) is 0 Å². The minimum Gasteiger partial charge on any atom is -0.115 e. The molecule has 0 heterocycles. The van der Waals surface area contributed by atoms with Crippen molar-refractivity contribution in [3.8, 4) is 12.3 Å². The molecule has 0 fully saturated rings. The van der Waals surface area contributed by atoms with E-state index in [4.69, 9.17) is 6.42 Å². The Bertz CT molecular complexity index is 384. The smallest absolute Gasteiger partial charge is 0.0274 e. The summed E-state index contributed by atoms with van der Waals surface area (Å²) in [5.41, 5.74) is 5.15. The summed E-state index contributed by atoms with van der Waals surface area (Å²) >= 11 is 0. The molecular formula is C14H18. The van der Waals surface area contributed by atoms with Crippen LogP contribution in [0.15, 0.2) is 12.1 Å². The van der Waals surface area contributed by atoms with Gasteiger partial charge in [0.1, 0.15) is 0 Å². The van der Waals surface area contributed by atoms with E-state index in [1.54, 1.807) is 0 Å². The molecule has 1 aromatic rings. The van der Waals surface area contributed by atoms with E-state index in [2.05, 4.69) is 46.6 Å². The first-order valence-corrected chi connectivity index (χ1v) is 4.95. The van der Waals surface area contributed by atoms with Crippen molar-refractivity contribution in [1.29, 1.82) is 0 Å². The Hall–Kier alpha value is -1.22. The maximum Gasteiger partial charge on any atom is 0.0274 e. The lowest BCUT2D eigenvalue weighted by molar-refractivity contribution is 0.585. The van der Waals surface area contributed by atoms with Crippen LogP contribution < -0.4 is 0 Å². The maximum atomic E-state index is 5.43. The molecule has 0 atom stereocenters. The Labute approximate surface area is 87.4 Å². The highest BCUT2D eigenvalue weighted by atomic mass is 14.2. The Morgan fingerprint density at radius 1 is 1.07 bits per heavy atom. The molecular weight excluding hydrogens is 168 g/mol. The zero-order valence-electron chi connectivity index (χ0n) is 9.73. The Balaban J connectivity index is 3.41. The van der Waals surface area contributed by atoms with Crippen LogP contribution in [0, 0.1) is 26.2 Å². The maximum absolute atomic E-state index is 5.43. The zero-order chi connectivity index (χ0) is 10.9. The molecule has 0 unspecified atom stereocenters. The highest BCUT2D eigenvalue weighted by molar-refractivity contribution is 5.48. The van der Waals surface area contributed by atoms with Crippen molar-refractivity contribution < 1.29 is 0 Å². The molecule has 1 aromatic carbocycles. The molecule has 0 aliphatic rings. The van der Waals surface area contributed by atoms with Crippen LogP contribution in [0.4, 0.5) is 0 Å². The predicted octanol–water partition coefficient (Wildman–Crippen LogP) is 3.58. The summed E-state index contributed by atoms with van der Waals surface area (Å²) in [5.74, 6) is 2.71. The van der Waals surface area contributed by atoms with Gasteiger partial charge in [0.25, 0.3) is 0 Å². The fourth-order valence-corrected chi connectivity index (χ4v) is 1.79. The largest absolute Gasteiger partial charge is 0.115 e. The van der Waals surface area contributed by atoms with Gasteiger partial charge in [-0.25, -0.2) is 0 Å². The van der Waals surface area contributed by atoms with E-state index in [1.807, 2.05) is 6.07 Å². The molecule has 0 saturated carbocycles. The van der Waals surface area contributed by atoms with Crippen LogP contribution in [-0.2, 0) is 5.41 Å². The number of rotatable bonds is 0. The summed E-state index contributed by atoms with van der Waals surface area (Å²) in [6, 6.07) is 4.19. The van der Waals surface area contributed by atoms with Crippen LogP contribution in [0.3, 0.4) is 0 Å². The molecule has 14 heavy (non-hydrogen) atoms. The first kappa shape index (κ1) is 10.9. The molecule has 0 bridgehead atoms. The molecule has 0 N–H and O–H groups in total. The molecule has 0 radical (unpaired) electrons. The highest BCUT2D eigenvalue weighted by Crippen LogP contribution is 2.28. The Morgan fingerprint density at radius 3 is 2.07 bits per heavy atom. The molecule has 0 amide bonds. The minimum absolute atomic E-state index is 0.196. The topological polar surface area (TPSA) is 0 Å². The van der Waals surface area contributed by atoms with E-state index in [0.717, 1.165) is 5.56 Å². The van der Waals surface area contributed by atoms with Gasteiger partial charge < -0.3 is 0 Å². The highest BCUT2D eigenvalue weighted by Gasteiger charge is 2.17. The first-order chi connectivity index (χ1) is 6.38. The van der Waals surface area contributed by atoms with E-state index in [-0.39, 0.29) is 5.41 Å². The van der Waals surface area contributed by atoms with Gasteiger partial charge in [-0.2, -0.15) is 0 Å². The lowest BCUT2D eigenvalue weighted by atomic mass is 9.82. The van der Waals surface area contributed by atoms with Crippen molar-refractivity contribution in [2.75, 3.05) is 0 Å². The fourth-order valence-electron chi connectivity index (χ4n) is 1.79. The van der Waals surface area contributed by atoms with E-state index in [9.17, 15) is 0 Å². The van der Waals surface area contributed by atoms with E-state index in [1.165, 1.54) is 16.7 Å². The van der Waals surface area contributed by atoms with Crippen molar-refractivity contribution in [1.82, 2.24) is 0 Å². The SMILES string of the molecule is C#Cc1ccc(C(C)(C)C)c(C)c1C. The number of hydrogen-bond acceptors (Lipinski definition) is 0. The minimum atomic E-state index is 0.196. The van der Waals surface area contributed by atoms with Crippen molar-refractivity contribution >= 4 is 0 Å². The molecule has 0 aromatic heterocycles. The van der Waals surface area contributed by atoms with Gasteiger partial charge in [-0.1, -0.05) is 32.8 Å². The van der Waals surface area contributed by atoms with E-state index < -0.39 is 0 Å². The Morgan fingerprint density at radius 2 is 1.64 bits per heavy atom.